The molecule has 0 aliphatic carbocycles. The van der Waals surface area contributed by atoms with Gasteiger partial charge in [0.1, 0.15) is 5.84 Å². The summed E-state index contributed by atoms with van der Waals surface area (Å²) in [5.41, 5.74) is 2.81. The van der Waals surface area contributed by atoms with E-state index in [1.165, 1.54) is 11.8 Å². The van der Waals surface area contributed by atoms with Crippen LogP contribution in [-0.4, -0.2) is 53.5 Å². The van der Waals surface area contributed by atoms with Gasteiger partial charge in [0, 0.05) is 26.9 Å². The van der Waals surface area contributed by atoms with Crippen molar-refractivity contribution in [3.63, 3.8) is 0 Å². The van der Waals surface area contributed by atoms with Crippen molar-refractivity contribution in [3.05, 3.63) is 0 Å². The number of esters is 1. The monoisotopic (exact) mass is 240 g/mol. The molecule has 2 rings (SSSR count). The number of nitrogens with one attached hydrogen (secondary N) is 1. The Morgan fingerprint density at radius 3 is 2.82 bits per heavy atom. The van der Waals surface area contributed by atoms with Gasteiger partial charge in [-0.15, -0.1) is 0 Å². The molecular formula is C10H16N4O3. The summed E-state index contributed by atoms with van der Waals surface area (Å²) >= 11 is 0. The first-order valence-corrected chi connectivity index (χ1v) is 5.55. The number of likely N-dealkylation sites (N-methyl/N-ethyl adjacent to an activating group) is 1. The third kappa shape index (κ3) is 1.92. The summed E-state index contributed by atoms with van der Waals surface area (Å²) < 4.78 is 5.21. The van der Waals surface area contributed by atoms with Crippen molar-refractivity contribution < 1.29 is 14.3 Å². The zero-order valence-electron chi connectivity index (χ0n) is 10.1. The molecule has 17 heavy (non-hydrogen) atoms. The second kappa shape index (κ2) is 4.23. The van der Waals surface area contributed by atoms with E-state index < -0.39 is 12.2 Å². The van der Waals surface area contributed by atoms with Crippen LogP contribution in [0.1, 0.15) is 20.3 Å². The Kier molecular flexibility index (Phi) is 2.91. The standard InChI is InChI=1S/C10H16N4O3/c1-6-9(17-7(2)15)14(10(16)13(6)3)8-4-5-11-12-8/h6,9,11H,4-5H2,1-3H3. The largest absolute Gasteiger partial charge is 0.439 e. The van der Waals surface area contributed by atoms with Crippen LogP contribution in [0.4, 0.5) is 4.79 Å². The average molecular weight is 240 g/mol. The van der Waals surface area contributed by atoms with E-state index in [9.17, 15) is 9.59 Å². The lowest BCUT2D eigenvalue weighted by Crippen LogP contribution is -2.42. The highest BCUT2D eigenvalue weighted by Gasteiger charge is 2.46. The molecule has 7 nitrogen and oxygen atoms in total. The van der Waals surface area contributed by atoms with Crippen LogP contribution in [0.3, 0.4) is 0 Å². The number of hydrogen-bond acceptors (Lipinski definition) is 5. The molecule has 7 heteroatoms. The SMILES string of the molecule is CC(=O)OC1C(C)N(C)C(=O)N1C1=NNCC1. The molecule has 2 atom stereocenters. The highest BCUT2D eigenvalue weighted by atomic mass is 16.6. The summed E-state index contributed by atoms with van der Waals surface area (Å²) in [7, 11) is 1.69. The normalized spacial score (nSPS) is 28.2. The fourth-order valence-corrected chi connectivity index (χ4v) is 1.98. The van der Waals surface area contributed by atoms with E-state index in [0.29, 0.717) is 18.8 Å². The minimum atomic E-state index is -0.594. The maximum absolute atomic E-state index is 12.0. The molecule has 2 heterocycles. The number of hydrogen-bond donors (Lipinski definition) is 1. The van der Waals surface area contributed by atoms with Crippen LogP contribution in [0, 0.1) is 0 Å². The van der Waals surface area contributed by atoms with Crippen molar-refractivity contribution in [1.29, 1.82) is 0 Å². The number of carbonyl (C=O) groups is 2. The summed E-state index contributed by atoms with van der Waals surface area (Å²) in [6.07, 6.45) is 0.0630. The first-order valence-electron chi connectivity index (χ1n) is 5.55. The highest BCUT2D eigenvalue weighted by molar-refractivity contribution is 6.00. The Labute approximate surface area is 99.4 Å². The van der Waals surface area contributed by atoms with Crippen molar-refractivity contribution in [1.82, 2.24) is 15.2 Å². The van der Waals surface area contributed by atoms with Gasteiger partial charge in [-0.05, 0) is 6.92 Å². The average Bonchev–Trinajstić information content (AvgIpc) is 2.84. The molecule has 0 radical (unpaired) electrons. The van der Waals surface area contributed by atoms with Crippen LogP contribution >= 0.6 is 0 Å². The Morgan fingerprint density at radius 1 is 1.59 bits per heavy atom. The van der Waals surface area contributed by atoms with Crippen molar-refractivity contribution in [2.45, 2.75) is 32.5 Å². The summed E-state index contributed by atoms with van der Waals surface area (Å²) in [6.45, 7) is 3.88. The summed E-state index contributed by atoms with van der Waals surface area (Å²) in [5, 5.41) is 4.05. The van der Waals surface area contributed by atoms with Crippen molar-refractivity contribution in [2.75, 3.05) is 13.6 Å². The molecule has 0 bridgehead atoms. The molecule has 1 saturated heterocycles. The molecule has 0 aromatic carbocycles. The molecular weight excluding hydrogens is 224 g/mol. The van der Waals surface area contributed by atoms with E-state index in [0.717, 1.165) is 0 Å². The zero-order valence-corrected chi connectivity index (χ0v) is 10.1. The van der Waals surface area contributed by atoms with Crippen LogP contribution in [0.5, 0.6) is 0 Å². The Bertz CT molecular complexity index is 382. The molecule has 2 amide bonds. The fraction of sp³-hybridized carbons (Fsp3) is 0.700. The van der Waals surface area contributed by atoms with E-state index in [-0.39, 0.29) is 12.1 Å². The molecule has 0 spiro atoms. The lowest BCUT2D eigenvalue weighted by molar-refractivity contribution is -0.151. The van der Waals surface area contributed by atoms with Gasteiger partial charge in [0.15, 0.2) is 0 Å². The van der Waals surface area contributed by atoms with Gasteiger partial charge in [0.05, 0.1) is 6.04 Å². The second-order valence-electron chi connectivity index (χ2n) is 4.19. The fourth-order valence-electron chi connectivity index (χ4n) is 1.98. The molecule has 2 aliphatic heterocycles. The van der Waals surface area contributed by atoms with E-state index in [2.05, 4.69) is 10.5 Å². The minimum Gasteiger partial charge on any atom is -0.439 e. The first-order chi connectivity index (χ1) is 8.02. The molecule has 0 saturated carbocycles. The number of amidine groups is 1. The topological polar surface area (TPSA) is 74.2 Å². The van der Waals surface area contributed by atoms with Gasteiger partial charge in [-0.25, -0.2) is 9.69 Å². The lowest BCUT2D eigenvalue weighted by Gasteiger charge is -2.23. The molecule has 0 aromatic heterocycles. The number of ether oxygens (including phenoxy) is 1. The summed E-state index contributed by atoms with van der Waals surface area (Å²) in [6, 6.07) is -0.374. The third-order valence-corrected chi connectivity index (χ3v) is 3.02. The smallest absolute Gasteiger partial charge is 0.328 e. The molecule has 1 N–H and O–H groups in total. The van der Waals surface area contributed by atoms with Gasteiger partial charge in [0.25, 0.3) is 0 Å². The van der Waals surface area contributed by atoms with Gasteiger partial charge >= 0.3 is 12.0 Å². The Morgan fingerprint density at radius 2 is 2.29 bits per heavy atom. The van der Waals surface area contributed by atoms with Crippen LogP contribution in [0.25, 0.3) is 0 Å². The number of hydrazone groups is 1. The predicted octanol–water partition coefficient (Wildman–Crippen LogP) is -0.0617. The maximum Gasteiger partial charge on any atom is 0.328 e. The van der Waals surface area contributed by atoms with Gasteiger partial charge in [-0.3, -0.25) is 4.79 Å². The number of urea groups is 1. The van der Waals surface area contributed by atoms with Gasteiger partial charge in [-0.2, -0.15) is 5.10 Å². The molecule has 94 valence electrons. The second-order valence-corrected chi connectivity index (χ2v) is 4.19. The van der Waals surface area contributed by atoms with Crippen molar-refractivity contribution in [2.24, 2.45) is 5.10 Å². The molecule has 2 unspecified atom stereocenters. The van der Waals surface area contributed by atoms with E-state index >= 15 is 0 Å². The van der Waals surface area contributed by atoms with Crippen LogP contribution in [-0.2, 0) is 9.53 Å². The number of amides is 2. The van der Waals surface area contributed by atoms with Gasteiger partial charge < -0.3 is 15.1 Å². The Hall–Kier alpha value is -1.79. The molecule has 1 fully saturated rings. The number of carbonyl (C=O) groups excluding carboxylic acids is 2. The Balaban J connectivity index is 2.25. The van der Waals surface area contributed by atoms with Crippen LogP contribution < -0.4 is 5.43 Å². The van der Waals surface area contributed by atoms with Crippen molar-refractivity contribution in [3.8, 4) is 0 Å². The van der Waals surface area contributed by atoms with Gasteiger partial charge in [-0.1, -0.05) is 0 Å². The van der Waals surface area contributed by atoms with E-state index in [4.69, 9.17) is 4.74 Å². The number of nitrogens with zero attached hydrogens (tertiary/aromatic N) is 3. The summed E-state index contributed by atoms with van der Waals surface area (Å²) in [5.74, 6) is 0.221. The zero-order chi connectivity index (χ0) is 12.6. The summed E-state index contributed by atoms with van der Waals surface area (Å²) in [4.78, 5) is 26.1. The van der Waals surface area contributed by atoms with E-state index in [1.807, 2.05) is 6.92 Å². The number of rotatable bonds is 1. The third-order valence-electron chi connectivity index (χ3n) is 3.02. The lowest BCUT2D eigenvalue weighted by atomic mass is 10.3. The quantitative estimate of drug-likeness (QED) is 0.651. The van der Waals surface area contributed by atoms with Crippen LogP contribution in [0.2, 0.25) is 0 Å². The van der Waals surface area contributed by atoms with E-state index in [1.54, 1.807) is 11.9 Å². The van der Waals surface area contributed by atoms with Crippen LogP contribution in [0.15, 0.2) is 5.10 Å². The predicted molar refractivity (Wildman–Crippen MR) is 60.1 cm³/mol. The maximum atomic E-state index is 12.0. The van der Waals surface area contributed by atoms with Crippen molar-refractivity contribution >= 4 is 17.8 Å². The highest BCUT2D eigenvalue weighted by Crippen LogP contribution is 2.24. The molecule has 2 aliphatic rings. The molecule has 0 aromatic rings. The van der Waals surface area contributed by atoms with Gasteiger partial charge in [0.2, 0.25) is 6.23 Å². The first kappa shape index (κ1) is 11.7. The minimum absolute atomic E-state index is 0.185.